The number of rotatable bonds is 4. The molecule has 7 nitrogen and oxygen atoms in total. The number of fused-ring (bicyclic) bond motifs is 12. The number of nitrogens with zero attached hydrogens (tertiary/aromatic N) is 6. The average Bonchev–Trinajstić information content (AvgIpc) is 3.84. The van der Waals surface area contributed by atoms with Crippen LogP contribution in [0, 0.1) is 12.1 Å². The maximum Gasteiger partial charge on any atom is 2.00 e. The summed E-state index contributed by atoms with van der Waals surface area (Å²) in [6.07, 6.45) is 10.9. The van der Waals surface area contributed by atoms with E-state index in [0.29, 0.717) is 11.5 Å². The first-order valence-electron chi connectivity index (χ1n) is 15.3. The molecule has 0 unspecified atom stereocenters. The van der Waals surface area contributed by atoms with E-state index in [-0.39, 0.29) is 21.1 Å². The zero-order valence-electron chi connectivity index (χ0n) is 25.1. The minimum absolute atomic E-state index is 0. The summed E-state index contributed by atoms with van der Waals surface area (Å²) < 4.78 is 10.5. The third kappa shape index (κ3) is 4.32. The third-order valence-electron chi connectivity index (χ3n) is 8.80. The van der Waals surface area contributed by atoms with Gasteiger partial charge in [0.25, 0.3) is 0 Å². The van der Waals surface area contributed by atoms with E-state index in [2.05, 4.69) is 104 Å². The van der Waals surface area contributed by atoms with Crippen molar-refractivity contribution in [3.8, 4) is 33.8 Å². The van der Waals surface area contributed by atoms with Gasteiger partial charge in [-0.3, -0.25) is 15.0 Å². The predicted octanol–water partition coefficient (Wildman–Crippen LogP) is 9.11. The van der Waals surface area contributed by atoms with Crippen molar-refractivity contribution in [3.05, 3.63) is 146 Å². The molecule has 48 heavy (non-hydrogen) atoms. The Hall–Kier alpha value is -5.91. The van der Waals surface area contributed by atoms with Crippen LogP contribution >= 0.6 is 0 Å². The summed E-state index contributed by atoms with van der Waals surface area (Å²) in [5.74, 6) is 1.13. The Kier molecular flexibility index (Phi) is 6.56. The van der Waals surface area contributed by atoms with Gasteiger partial charge in [-0.25, -0.2) is 4.98 Å². The van der Waals surface area contributed by atoms with Crippen LogP contribution in [-0.2, 0) is 21.1 Å². The number of ether oxygens (including phenoxy) is 1. The molecule has 5 heterocycles. The summed E-state index contributed by atoms with van der Waals surface area (Å²) in [5.41, 5.74) is 8.83. The number of imidazole rings is 2. The van der Waals surface area contributed by atoms with Gasteiger partial charge in [0, 0.05) is 54.2 Å². The minimum atomic E-state index is 0. The van der Waals surface area contributed by atoms with Crippen molar-refractivity contribution in [2.45, 2.75) is 0 Å². The van der Waals surface area contributed by atoms with Crippen molar-refractivity contribution in [1.29, 1.82) is 0 Å². The number of pyridine rings is 2. The number of hydrogen-bond acceptors (Lipinski definition) is 5. The Morgan fingerprint density at radius 1 is 0.500 bits per heavy atom. The molecule has 0 N–H and O–H groups in total. The first-order valence-corrected chi connectivity index (χ1v) is 15.3. The van der Waals surface area contributed by atoms with Gasteiger partial charge in [0.1, 0.15) is 5.65 Å². The van der Waals surface area contributed by atoms with Gasteiger partial charge in [0.05, 0.1) is 16.8 Å². The topological polar surface area (TPSA) is 69.6 Å². The quantitative estimate of drug-likeness (QED) is 0.131. The monoisotopic (exact) mass is 797 g/mol. The summed E-state index contributed by atoms with van der Waals surface area (Å²) >= 11 is 0. The predicted molar refractivity (Wildman–Crippen MR) is 185 cm³/mol. The first kappa shape index (κ1) is 28.3. The molecular weight excluding hydrogens is 776 g/mol. The van der Waals surface area contributed by atoms with E-state index in [9.17, 15) is 0 Å². The second-order valence-electron chi connectivity index (χ2n) is 11.4. The molecule has 0 radical (unpaired) electrons. The Bertz CT molecular complexity index is 2830. The molecule has 0 bridgehead atoms. The molecule has 0 spiro atoms. The van der Waals surface area contributed by atoms with Gasteiger partial charge in [0.15, 0.2) is 0 Å². The molecule has 10 rings (SSSR count). The first-order chi connectivity index (χ1) is 23.3. The zero-order chi connectivity index (χ0) is 30.9. The Balaban J connectivity index is 0.00000314. The van der Waals surface area contributed by atoms with Crippen LogP contribution in [0.15, 0.2) is 134 Å². The fourth-order valence-corrected chi connectivity index (χ4v) is 6.72. The number of hydrogen-bond donors (Lipinski definition) is 0. The Labute approximate surface area is 288 Å². The fourth-order valence-electron chi connectivity index (χ4n) is 6.72. The van der Waals surface area contributed by atoms with Crippen molar-refractivity contribution < 1.29 is 25.8 Å². The van der Waals surface area contributed by atoms with Crippen molar-refractivity contribution >= 4 is 54.9 Å². The van der Waals surface area contributed by atoms with Crippen LogP contribution in [-0.4, -0.2) is 28.7 Å². The van der Waals surface area contributed by atoms with Crippen LogP contribution in [0.4, 0.5) is 0 Å². The molecule has 0 saturated carbocycles. The summed E-state index contributed by atoms with van der Waals surface area (Å²) in [4.78, 5) is 18.5. The molecular formula is C40H22N6OPt. The van der Waals surface area contributed by atoms with Crippen molar-refractivity contribution in [1.82, 2.24) is 28.7 Å². The summed E-state index contributed by atoms with van der Waals surface area (Å²) in [5, 5.41) is 4.76. The van der Waals surface area contributed by atoms with E-state index in [1.165, 1.54) is 11.1 Å². The molecule has 0 aliphatic rings. The fraction of sp³-hybridized carbons (Fsp3) is 0. The van der Waals surface area contributed by atoms with Crippen LogP contribution in [0.25, 0.3) is 77.2 Å². The summed E-state index contributed by atoms with van der Waals surface area (Å²) in [6, 6.07) is 40.6. The largest absolute Gasteiger partial charge is 2.00 e. The molecule has 5 aromatic carbocycles. The Morgan fingerprint density at radius 2 is 1.06 bits per heavy atom. The van der Waals surface area contributed by atoms with Crippen LogP contribution < -0.4 is 4.74 Å². The summed E-state index contributed by atoms with van der Waals surface area (Å²) in [6.45, 7) is 0. The molecule has 5 aromatic heterocycles. The molecule has 10 aromatic rings. The standard InChI is InChI=1S/C40H22N6O.Pt/c1-3-7-25(8-4-1)31-23-33-29-13-11-27(21-34(29)38-43-17-19-45(38)36(33)24-32(31)26-9-5-2-6-10-26)47-28-12-14-30-35(22-28)39-44-18-20-46(39)40-37(30)41-15-16-42-40;/h1-20,23-24H;/q-2;+2. The van der Waals surface area contributed by atoms with E-state index < -0.39 is 0 Å². The van der Waals surface area contributed by atoms with Crippen molar-refractivity contribution in [2.75, 3.05) is 0 Å². The molecule has 228 valence electrons. The van der Waals surface area contributed by atoms with Gasteiger partial charge in [0.2, 0.25) is 0 Å². The second-order valence-corrected chi connectivity index (χ2v) is 11.4. The average molecular weight is 798 g/mol. The molecule has 0 atom stereocenters. The molecule has 0 amide bonds. The smallest absolute Gasteiger partial charge is 0.497 e. The molecule has 0 saturated heterocycles. The van der Waals surface area contributed by atoms with E-state index in [1.54, 1.807) is 18.6 Å². The van der Waals surface area contributed by atoms with Crippen molar-refractivity contribution in [3.63, 3.8) is 0 Å². The number of benzene rings is 5. The summed E-state index contributed by atoms with van der Waals surface area (Å²) in [7, 11) is 0. The Morgan fingerprint density at radius 3 is 1.77 bits per heavy atom. The van der Waals surface area contributed by atoms with E-state index in [0.717, 1.165) is 66.0 Å². The van der Waals surface area contributed by atoms with Gasteiger partial charge in [-0.1, -0.05) is 113 Å². The van der Waals surface area contributed by atoms with Gasteiger partial charge in [-0.05, 0) is 33.7 Å². The zero-order valence-corrected chi connectivity index (χ0v) is 27.4. The van der Waals surface area contributed by atoms with Gasteiger partial charge < -0.3 is 13.5 Å². The maximum absolute atomic E-state index is 6.42. The SMILES string of the molecule is [Pt+2].[c-]1c(Oc2[c-]c3c(cc2)c2nccnc2n2ccnc32)ccc2c1c1nccn1c1cc(-c3ccccc3)c(-c3ccccc3)cc21. The van der Waals surface area contributed by atoms with E-state index in [4.69, 9.17) is 9.72 Å². The van der Waals surface area contributed by atoms with Gasteiger partial charge >= 0.3 is 21.1 Å². The van der Waals surface area contributed by atoms with Crippen molar-refractivity contribution in [2.24, 2.45) is 0 Å². The van der Waals surface area contributed by atoms with Crippen LogP contribution in [0.2, 0.25) is 0 Å². The number of aromatic nitrogens is 6. The van der Waals surface area contributed by atoms with Gasteiger partial charge in [-0.15, -0.1) is 12.1 Å². The van der Waals surface area contributed by atoms with Crippen LogP contribution in [0.1, 0.15) is 0 Å². The minimum Gasteiger partial charge on any atom is -0.497 e. The maximum atomic E-state index is 6.42. The second kappa shape index (κ2) is 11.1. The molecule has 0 fully saturated rings. The van der Waals surface area contributed by atoms with Gasteiger partial charge in [-0.2, -0.15) is 0 Å². The normalized spacial score (nSPS) is 11.6. The molecule has 0 aliphatic heterocycles. The van der Waals surface area contributed by atoms with E-state index in [1.807, 2.05) is 47.3 Å². The molecule has 0 aliphatic carbocycles. The van der Waals surface area contributed by atoms with Crippen LogP contribution in [0.3, 0.4) is 0 Å². The third-order valence-corrected chi connectivity index (χ3v) is 8.80. The van der Waals surface area contributed by atoms with E-state index >= 15 is 0 Å². The van der Waals surface area contributed by atoms with Crippen LogP contribution in [0.5, 0.6) is 11.5 Å². The molecule has 8 heteroatoms.